The van der Waals surface area contributed by atoms with Crippen LogP contribution in [0.2, 0.25) is 0 Å². The van der Waals surface area contributed by atoms with Gasteiger partial charge in [0.25, 0.3) is 0 Å². The standard InChI is InChI=1S/C22H20FN3/c1-15(19-5-2-3-7-21(19)23)11-18-9-8-16(13-25-18)12-17-14-26-22-20(17)6-4-10-24-22/h2-10,13-15H,11-12H2,1H3,(H,24,26). The highest BCUT2D eigenvalue weighted by molar-refractivity contribution is 5.79. The number of hydrogen-bond acceptors (Lipinski definition) is 2. The molecule has 3 heterocycles. The number of nitrogens with zero attached hydrogens (tertiary/aromatic N) is 2. The lowest BCUT2D eigenvalue weighted by Gasteiger charge is -2.12. The molecule has 0 aliphatic rings. The Balaban J connectivity index is 1.48. The van der Waals surface area contributed by atoms with Gasteiger partial charge in [0.1, 0.15) is 11.5 Å². The number of nitrogens with one attached hydrogen (secondary N) is 1. The van der Waals surface area contributed by atoms with E-state index >= 15 is 0 Å². The highest BCUT2D eigenvalue weighted by atomic mass is 19.1. The van der Waals surface area contributed by atoms with Gasteiger partial charge in [0.15, 0.2) is 0 Å². The van der Waals surface area contributed by atoms with Crippen molar-refractivity contribution in [1.82, 2.24) is 15.0 Å². The van der Waals surface area contributed by atoms with Crippen LogP contribution >= 0.6 is 0 Å². The third-order valence-electron chi connectivity index (χ3n) is 4.77. The first kappa shape index (κ1) is 16.5. The first-order valence-electron chi connectivity index (χ1n) is 8.80. The van der Waals surface area contributed by atoms with Crippen molar-refractivity contribution < 1.29 is 4.39 Å². The van der Waals surface area contributed by atoms with Crippen LogP contribution in [0.25, 0.3) is 11.0 Å². The van der Waals surface area contributed by atoms with Gasteiger partial charge in [-0.15, -0.1) is 0 Å². The van der Waals surface area contributed by atoms with E-state index in [2.05, 4.69) is 27.1 Å². The summed E-state index contributed by atoms with van der Waals surface area (Å²) in [7, 11) is 0. The summed E-state index contributed by atoms with van der Waals surface area (Å²) < 4.78 is 13.9. The maximum absolute atomic E-state index is 13.9. The second-order valence-electron chi connectivity index (χ2n) is 6.67. The summed E-state index contributed by atoms with van der Waals surface area (Å²) >= 11 is 0. The molecule has 3 aromatic heterocycles. The Kier molecular flexibility index (Phi) is 4.48. The molecule has 0 amide bonds. The van der Waals surface area contributed by atoms with E-state index in [1.165, 1.54) is 11.6 Å². The van der Waals surface area contributed by atoms with E-state index in [0.29, 0.717) is 0 Å². The van der Waals surface area contributed by atoms with Gasteiger partial charge in [0, 0.05) is 36.1 Å². The molecule has 0 radical (unpaired) electrons. The van der Waals surface area contributed by atoms with Gasteiger partial charge in [0.05, 0.1) is 0 Å². The molecule has 1 unspecified atom stereocenters. The Morgan fingerprint density at radius 2 is 1.92 bits per heavy atom. The zero-order valence-corrected chi connectivity index (χ0v) is 14.6. The lowest BCUT2D eigenvalue weighted by atomic mass is 9.95. The van der Waals surface area contributed by atoms with Crippen LogP contribution in [0, 0.1) is 5.82 Å². The van der Waals surface area contributed by atoms with Gasteiger partial charge in [-0.2, -0.15) is 0 Å². The summed E-state index contributed by atoms with van der Waals surface area (Å²) in [5, 5.41) is 1.14. The normalized spacial score (nSPS) is 12.4. The number of benzene rings is 1. The quantitative estimate of drug-likeness (QED) is 0.551. The Labute approximate surface area is 152 Å². The summed E-state index contributed by atoms with van der Waals surface area (Å²) in [4.78, 5) is 12.1. The molecule has 0 saturated heterocycles. The molecule has 1 aromatic carbocycles. The van der Waals surface area contributed by atoms with Gasteiger partial charge in [-0.1, -0.05) is 31.2 Å². The predicted octanol–water partition coefficient (Wildman–Crippen LogP) is 5.03. The van der Waals surface area contributed by atoms with Crippen molar-refractivity contribution in [3.63, 3.8) is 0 Å². The molecular weight excluding hydrogens is 325 g/mol. The van der Waals surface area contributed by atoms with Crippen molar-refractivity contribution in [2.45, 2.75) is 25.7 Å². The minimum Gasteiger partial charge on any atom is -0.346 e. The number of pyridine rings is 2. The summed E-state index contributed by atoms with van der Waals surface area (Å²) in [5.74, 6) is -0.0567. The number of aromatic amines is 1. The molecule has 0 spiro atoms. The average Bonchev–Trinajstić information content (AvgIpc) is 3.07. The molecule has 4 heteroatoms. The zero-order chi connectivity index (χ0) is 17.9. The highest BCUT2D eigenvalue weighted by Gasteiger charge is 2.12. The van der Waals surface area contributed by atoms with Crippen LogP contribution in [0.1, 0.15) is 35.2 Å². The van der Waals surface area contributed by atoms with Crippen LogP contribution in [-0.2, 0) is 12.8 Å². The van der Waals surface area contributed by atoms with Crippen molar-refractivity contribution in [1.29, 1.82) is 0 Å². The Morgan fingerprint density at radius 1 is 1.04 bits per heavy atom. The van der Waals surface area contributed by atoms with Crippen molar-refractivity contribution in [3.8, 4) is 0 Å². The zero-order valence-electron chi connectivity index (χ0n) is 14.6. The highest BCUT2D eigenvalue weighted by Crippen LogP contribution is 2.23. The first-order chi connectivity index (χ1) is 12.7. The largest absolute Gasteiger partial charge is 0.346 e. The molecular formula is C22H20FN3. The maximum Gasteiger partial charge on any atom is 0.137 e. The van der Waals surface area contributed by atoms with E-state index < -0.39 is 0 Å². The summed E-state index contributed by atoms with van der Waals surface area (Å²) in [6.45, 7) is 2.03. The third kappa shape index (κ3) is 3.36. The minimum absolute atomic E-state index is 0.0919. The molecule has 4 aromatic rings. The van der Waals surface area contributed by atoms with Crippen LogP contribution in [0.5, 0.6) is 0 Å². The number of rotatable bonds is 5. The Bertz CT molecular complexity index is 1020. The van der Waals surface area contributed by atoms with Gasteiger partial charge in [-0.25, -0.2) is 9.37 Å². The van der Waals surface area contributed by atoms with E-state index in [4.69, 9.17) is 0 Å². The Hall–Kier alpha value is -3.01. The average molecular weight is 345 g/mol. The molecule has 0 aliphatic heterocycles. The predicted molar refractivity (Wildman–Crippen MR) is 102 cm³/mol. The number of H-pyrrole nitrogens is 1. The van der Waals surface area contributed by atoms with Gasteiger partial charge < -0.3 is 4.98 Å². The van der Waals surface area contributed by atoms with Crippen molar-refractivity contribution >= 4 is 11.0 Å². The SMILES string of the molecule is CC(Cc1ccc(Cc2c[nH]c3ncccc23)cn1)c1ccccc1F. The van der Waals surface area contributed by atoms with Crippen molar-refractivity contribution in [3.05, 3.63) is 95.3 Å². The molecule has 26 heavy (non-hydrogen) atoms. The molecule has 1 N–H and O–H groups in total. The van der Waals surface area contributed by atoms with E-state index in [-0.39, 0.29) is 11.7 Å². The summed E-state index contributed by atoms with van der Waals surface area (Å²) in [6.07, 6.45) is 7.24. The van der Waals surface area contributed by atoms with Gasteiger partial charge in [-0.3, -0.25) is 4.98 Å². The molecule has 4 rings (SSSR count). The fraction of sp³-hybridized carbons (Fsp3) is 0.182. The van der Waals surface area contributed by atoms with Crippen LogP contribution in [-0.4, -0.2) is 15.0 Å². The lowest BCUT2D eigenvalue weighted by Crippen LogP contribution is -2.03. The molecule has 1 atom stereocenters. The van der Waals surface area contributed by atoms with Crippen molar-refractivity contribution in [2.75, 3.05) is 0 Å². The molecule has 0 bridgehead atoms. The topological polar surface area (TPSA) is 41.6 Å². The van der Waals surface area contributed by atoms with E-state index in [1.807, 2.05) is 43.6 Å². The molecule has 0 aliphatic carbocycles. The molecule has 0 saturated carbocycles. The van der Waals surface area contributed by atoms with Gasteiger partial charge in [0.2, 0.25) is 0 Å². The summed E-state index contributed by atoms with van der Waals surface area (Å²) in [6, 6.07) is 15.1. The van der Waals surface area contributed by atoms with Crippen LogP contribution in [0.4, 0.5) is 4.39 Å². The van der Waals surface area contributed by atoms with Gasteiger partial charge >= 0.3 is 0 Å². The lowest BCUT2D eigenvalue weighted by molar-refractivity contribution is 0.586. The van der Waals surface area contributed by atoms with Crippen LogP contribution in [0.3, 0.4) is 0 Å². The van der Waals surface area contributed by atoms with Crippen LogP contribution < -0.4 is 0 Å². The van der Waals surface area contributed by atoms with Crippen LogP contribution in [0.15, 0.2) is 67.1 Å². The number of fused-ring (bicyclic) bond motifs is 1. The molecule has 0 fully saturated rings. The fourth-order valence-electron chi connectivity index (χ4n) is 3.36. The molecule has 3 nitrogen and oxygen atoms in total. The third-order valence-corrected chi connectivity index (χ3v) is 4.77. The van der Waals surface area contributed by atoms with E-state index in [0.717, 1.165) is 40.7 Å². The Morgan fingerprint density at radius 3 is 2.73 bits per heavy atom. The van der Waals surface area contributed by atoms with E-state index in [1.54, 1.807) is 12.3 Å². The second kappa shape index (κ2) is 7.08. The maximum atomic E-state index is 13.9. The van der Waals surface area contributed by atoms with E-state index in [9.17, 15) is 4.39 Å². The minimum atomic E-state index is -0.149. The smallest absolute Gasteiger partial charge is 0.137 e. The van der Waals surface area contributed by atoms with Gasteiger partial charge in [-0.05, 0) is 53.3 Å². The molecule has 130 valence electrons. The number of aromatic nitrogens is 3. The second-order valence-corrected chi connectivity index (χ2v) is 6.67. The summed E-state index contributed by atoms with van der Waals surface area (Å²) in [5.41, 5.74) is 4.99. The number of halogens is 1. The van der Waals surface area contributed by atoms with Crippen molar-refractivity contribution in [2.24, 2.45) is 0 Å². The first-order valence-corrected chi connectivity index (χ1v) is 8.80. The fourth-order valence-corrected chi connectivity index (χ4v) is 3.36. The number of hydrogen-bond donors (Lipinski definition) is 1. The monoisotopic (exact) mass is 345 g/mol.